The minimum Gasteiger partial charge on any atom is -0.258 e. The predicted molar refractivity (Wildman–Crippen MR) is 122 cm³/mol. The average molecular weight is 398 g/mol. The highest BCUT2D eigenvalue weighted by Crippen LogP contribution is 2.58. The summed E-state index contributed by atoms with van der Waals surface area (Å²) in [6.07, 6.45) is 0.599. The van der Waals surface area contributed by atoms with E-state index in [0.29, 0.717) is 6.16 Å². The molecule has 4 aromatic rings. The zero-order valence-corrected chi connectivity index (χ0v) is 16.8. The van der Waals surface area contributed by atoms with Crippen molar-refractivity contribution in [3.05, 3.63) is 131 Å². The minimum atomic E-state index is -2.15. The second-order valence-corrected chi connectivity index (χ2v) is 10.3. The molecule has 0 atom stereocenters. The van der Waals surface area contributed by atoms with E-state index < -0.39 is 7.26 Å². The van der Waals surface area contributed by atoms with Gasteiger partial charge in [-0.25, -0.2) is 0 Å². The van der Waals surface area contributed by atoms with Crippen LogP contribution in [0.4, 0.5) is 5.69 Å². The maximum atomic E-state index is 11.7. The fraction of sp³-hybridized carbons (Fsp3) is 0.0400. The summed E-state index contributed by atoms with van der Waals surface area (Å²) in [5.74, 6) is 0. The maximum absolute atomic E-state index is 11.7. The van der Waals surface area contributed by atoms with E-state index in [1.807, 2.05) is 30.3 Å². The summed E-state index contributed by atoms with van der Waals surface area (Å²) < 4.78 is 0. The van der Waals surface area contributed by atoms with Gasteiger partial charge in [-0.1, -0.05) is 66.7 Å². The molecule has 0 radical (unpaired) electrons. The fourth-order valence-corrected chi connectivity index (χ4v) is 8.11. The van der Waals surface area contributed by atoms with Crippen molar-refractivity contribution in [2.45, 2.75) is 6.16 Å². The lowest BCUT2D eigenvalue weighted by Crippen LogP contribution is -2.32. The molecule has 0 unspecified atom stereocenters. The highest BCUT2D eigenvalue weighted by molar-refractivity contribution is 7.95. The van der Waals surface area contributed by atoms with Gasteiger partial charge in [-0.15, -0.1) is 0 Å². The summed E-state index contributed by atoms with van der Waals surface area (Å²) in [4.78, 5) is 11.5. The van der Waals surface area contributed by atoms with Crippen LogP contribution < -0.4 is 15.9 Å². The molecule has 4 heteroatoms. The molecule has 3 nitrogen and oxygen atoms in total. The highest BCUT2D eigenvalue weighted by atomic mass is 31.2. The van der Waals surface area contributed by atoms with E-state index >= 15 is 0 Å². The molecule has 0 aliphatic heterocycles. The Kier molecular flexibility index (Phi) is 5.50. The topological polar surface area (TPSA) is 43.1 Å². The molecule has 142 valence electrons. The molecule has 0 N–H and O–H groups in total. The zero-order chi connectivity index (χ0) is 20.1. The second kappa shape index (κ2) is 8.38. The lowest BCUT2D eigenvalue weighted by molar-refractivity contribution is -0.385. The number of nitrogens with zero attached hydrogens (tertiary/aromatic N) is 1. The van der Waals surface area contributed by atoms with Crippen LogP contribution in [-0.4, -0.2) is 4.92 Å². The Hall–Kier alpha value is -3.29. The summed E-state index contributed by atoms with van der Waals surface area (Å²) in [6, 6.07) is 38.4. The van der Waals surface area contributed by atoms with E-state index in [4.69, 9.17) is 0 Å². The first-order valence-electron chi connectivity index (χ1n) is 9.49. The van der Waals surface area contributed by atoms with Gasteiger partial charge in [0.1, 0.15) is 29.3 Å². The van der Waals surface area contributed by atoms with E-state index in [1.54, 1.807) is 12.1 Å². The van der Waals surface area contributed by atoms with Crippen LogP contribution in [0.2, 0.25) is 0 Å². The van der Waals surface area contributed by atoms with Crippen LogP contribution in [0.1, 0.15) is 5.56 Å². The maximum Gasteiger partial charge on any atom is 0.276 e. The molecule has 0 fully saturated rings. The van der Waals surface area contributed by atoms with Crippen molar-refractivity contribution in [3.63, 3.8) is 0 Å². The molecule has 0 bridgehead atoms. The molecule has 0 aliphatic rings. The van der Waals surface area contributed by atoms with Crippen molar-refractivity contribution in [2.75, 3.05) is 0 Å². The minimum absolute atomic E-state index is 0.180. The quantitative estimate of drug-likeness (QED) is 0.258. The van der Waals surface area contributed by atoms with E-state index in [9.17, 15) is 10.1 Å². The van der Waals surface area contributed by atoms with E-state index in [1.165, 1.54) is 15.9 Å². The number of nitro benzene ring substituents is 1. The third-order valence-corrected chi connectivity index (χ3v) is 9.54. The van der Waals surface area contributed by atoms with Gasteiger partial charge < -0.3 is 0 Å². The van der Waals surface area contributed by atoms with Gasteiger partial charge in [-0.05, 0) is 42.5 Å². The molecular weight excluding hydrogens is 377 g/mol. The van der Waals surface area contributed by atoms with Gasteiger partial charge in [0.15, 0.2) is 0 Å². The Morgan fingerprint density at radius 1 is 0.586 bits per heavy atom. The SMILES string of the molecule is O=[N+]([O-])c1ccccc1C[P+](c1ccccc1)(c1ccccc1)c1ccccc1. The van der Waals surface area contributed by atoms with Crippen molar-refractivity contribution in [2.24, 2.45) is 0 Å². The van der Waals surface area contributed by atoms with E-state index in [2.05, 4.69) is 72.8 Å². The van der Waals surface area contributed by atoms with Gasteiger partial charge in [-0.2, -0.15) is 0 Å². The van der Waals surface area contributed by atoms with Crippen LogP contribution in [0.5, 0.6) is 0 Å². The zero-order valence-electron chi connectivity index (χ0n) is 15.9. The monoisotopic (exact) mass is 398 g/mol. The number of hydrogen-bond acceptors (Lipinski definition) is 2. The lowest BCUT2D eigenvalue weighted by Gasteiger charge is -2.27. The number of benzene rings is 4. The molecule has 0 aliphatic carbocycles. The molecule has 0 saturated carbocycles. The molecular formula is C25H21NO2P+. The van der Waals surface area contributed by atoms with Gasteiger partial charge in [0.05, 0.1) is 10.5 Å². The van der Waals surface area contributed by atoms with Crippen LogP contribution >= 0.6 is 7.26 Å². The molecule has 4 aromatic carbocycles. The van der Waals surface area contributed by atoms with Crippen LogP contribution in [0.3, 0.4) is 0 Å². The van der Waals surface area contributed by atoms with Crippen LogP contribution in [0.15, 0.2) is 115 Å². The largest absolute Gasteiger partial charge is 0.276 e. The first-order valence-corrected chi connectivity index (χ1v) is 11.5. The van der Waals surface area contributed by atoms with Gasteiger partial charge in [0.25, 0.3) is 5.69 Å². The summed E-state index contributed by atoms with van der Waals surface area (Å²) in [6.45, 7) is 0. The Bertz CT molecular complexity index is 1000. The van der Waals surface area contributed by atoms with Crippen LogP contribution in [0.25, 0.3) is 0 Å². The first kappa shape index (κ1) is 19.0. The number of para-hydroxylation sites is 1. The Balaban J connectivity index is 2.03. The van der Waals surface area contributed by atoms with E-state index in [-0.39, 0.29) is 10.6 Å². The van der Waals surface area contributed by atoms with Crippen molar-refractivity contribution < 1.29 is 4.92 Å². The first-order chi connectivity index (χ1) is 14.2. The fourth-order valence-electron chi connectivity index (χ4n) is 3.85. The number of hydrogen-bond donors (Lipinski definition) is 0. The van der Waals surface area contributed by atoms with Crippen molar-refractivity contribution in [1.82, 2.24) is 0 Å². The Morgan fingerprint density at radius 3 is 1.38 bits per heavy atom. The predicted octanol–water partition coefficient (Wildman–Crippen LogP) is 5.09. The standard InChI is InChI=1S/C25H21NO2P/c27-26(28)25-19-11-10-12-21(25)20-29(22-13-4-1-5-14-22,23-15-6-2-7-16-23)24-17-8-3-9-18-24/h1-19H,20H2/q+1. The van der Waals surface area contributed by atoms with Gasteiger partial charge in [0.2, 0.25) is 0 Å². The molecule has 0 amide bonds. The Morgan fingerprint density at radius 2 is 0.966 bits per heavy atom. The molecule has 0 heterocycles. The summed E-state index contributed by atoms with van der Waals surface area (Å²) in [7, 11) is -2.15. The second-order valence-electron chi connectivity index (χ2n) is 6.86. The third-order valence-electron chi connectivity index (χ3n) is 5.19. The molecule has 0 spiro atoms. The van der Waals surface area contributed by atoms with Crippen LogP contribution in [0, 0.1) is 10.1 Å². The highest BCUT2D eigenvalue weighted by Gasteiger charge is 2.46. The average Bonchev–Trinajstić information content (AvgIpc) is 2.79. The molecule has 0 saturated heterocycles. The van der Waals surface area contributed by atoms with Crippen LogP contribution in [-0.2, 0) is 6.16 Å². The van der Waals surface area contributed by atoms with Gasteiger partial charge in [0, 0.05) is 6.07 Å². The molecule has 0 aromatic heterocycles. The smallest absolute Gasteiger partial charge is 0.258 e. The molecule has 4 rings (SSSR count). The van der Waals surface area contributed by atoms with Crippen molar-refractivity contribution >= 4 is 28.9 Å². The lowest BCUT2D eigenvalue weighted by atomic mass is 10.2. The third kappa shape index (κ3) is 3.70. The summed E-state index contributed by atoms with van der Waals surface area (Å²) >= 11 is 0. The summed E-state index contributed by atoms with van der Waals surface area (Å²) in [5, 5.41) is 15.4. The molecule has 29 heavy (non-hydrogen) atoms. The van der Waals surface area contributed by atoms with Crippen molar-refractivity contribution in [1.29, 1.82) is 0 Å². The number of rotatable bonds is 6. The summed E-state index contributed by atoms with van der Waals surface area (Å²) in [5.41, 5.74) is 0.946. The van der Waals surface area contributed by atoms with Gasteiger partial charge >= 0.3 is 0 Å². The number of nitro groups is 1. The normalized spacial score (nSPS) is 11.2. The van der Waals surface area contributed by atoms with Gasteiger partial charge in [-0.3, -0.25) is 10.1 Å². The Labute approximate surface area is 171 Å². The van der Waals surface area contributed by atoms with E-state index in [0.717, 1.165) is 5.56 Å². The van der Waals surface area contributed by atoms with Crippen molar-refractivity contribution in [3.8, 4) is 0 Å².